The molecule has 18 heavy (non-hydrogen) atoms. The predicted molar refractivity (Wildman–Crippen MR) is 72.9 cm³/mol. The summed E-state index contributed by atoms with van der Waals surface area (Å²) < 4.78 is 22.0. The second kappa shape index (κ2) is 5.95. The molecule has 2 aromatic rings. The van der Waals surface area contributed by atoms with E-state index in [1.165, 1.54) is 10.1 Å². The van der Waals surface area contributed by atoms with Crippen molar-refractivity contribution in [3.05, 3.63) is 35.2 Å². The van der Waals surface area contributed by atoms with E-state index < -0.39 is 7.82 Å². The van der Waals surface area contributed by atoms with E-state index in [2.05, 4.69) is 16.7 Å². The first-order chi connectivity index (χ1) is 8.61. The summed E-state index contributed by atoms with van der Waals surface area (Å²) in [5.74, 6) is 0. The van der Waals surface area contributed by atoms with Gasteiger partial charge < -0.3 is 4.89 Å². The minimum Gasteiger partial charge on any atom is -0.302 e. The van der Waals surface area contributed by atoms with E-state index in [1.807, 2.05) is 18.2 Å². The van der Waals surface area contributed by atoms with Crippen LogP contribution >= 0.6 is 19.2 Å². The first-order valence-electron chi connectivity index (χ1n) is 5.70. The molecule has 1 atom stereocenters. The Morgan fingerprint density at radius 2 is 2.11 bits per heavy atom. The van der Waals surface area contributed by atoms with Crippen LogP contribution in [0.1, 0.15) is 11.8 Å². The number of phosphoric ester groups is 1. The molecule has 4 nitrogen and oxygen atoms in total. The lowest BCUT2D eigenvalue weighted by Gasteiger charge is -2.09. The monoisotopic (exact) mass is 286 g/mol. The first kappa shape index (κ1) is 13.7. The molecule has 0 aliphatic heterocycles. The molecule has 6 heteroatoms. The molecule has 1 aromatic carbocycles. The van der Waals surface area contributed by atoms with Crippen LogP contribution in [0.5, 0.6) is 0 Å². The van der Waals surface area contributed by atoms with Gasteiger partial charge in [-0.2, -0.15) is 0 Å². The molecule has 1 N–H and O–H groups in total. The lowest BCUT2D eigenvalue weighted by atomic mass is 10.2. The van der Waals surface area contributed by atoms with Gasteiger partial charge in [-0.25, -0.2) is 4.57 Å². The summed E-state index contributed by atoms with van der Waals surface area (Å²) in [6.07, 6.45) is 0.608. The van der Waals surface area contributed by atoms with Crippen LogP contribution in [0.15, 0.2) is 30.3 Å². The first-order valence-corrected chi connectivity index (χ1v) is 8.01. The molecule has 2 rings (SSSR count). The molecule has 0 aliphatic carbocycles. The summed E-state index contributed by atoms with van der Waals surface area (Å²) in [5.41, 5.74) is 0. The summed E-state index contributed by atoms with van der Waals surface area (Å²) in [6.45, 7) is 2.00. The molecule has 98 valence electrons. The zero-order valence-corrected chi connectivity index (χ0v) is 11.7. The number of rotatable bonds is 6. The summed E-state index contributed by atoms with van der Waals surface area (Å²) in [4.78, 5) is 10.4. The summed E-state index contributed by atoms with van der Waals surface area (Å²) in [5, 5.41) is 1.19. The third-order valence-corrected chi connectivity index (χ3v) is 4.64. The fraction of sp³-hybridized carbons (Fsp3) is 0.333. The maximum atomic E-state index is 11.3. The zero-order chi connectivity index (χ0) is 13.0. The third kappa shape index (κ3) is 3.64. The van der Waals surface area contributed by atoms with Crippen molar-refractivity contribution < 1.29 is 18.5 Å². The van der Waals surface area contributed by atoms with Crippen molar-refractivity contribution in [2.24, 2.45) is 0 Å². The number of hydrogen-bond acceptors (Lipinski definition) is 4. The van der Waals surface area contributed by atoms with Crippen LogP contribution in [0.25, 0.3) is 10.1 Å². The van der Waals surface area contributed by atoms with E-state index in [0.29, 0.717) is 6.42 Å². The van der Waals surface area contributed by atoms with E-state index in [4.69, 9.17) is 4.52 Å². The molecule has 0 amide bonds. The summed E-state index contributed by atoms with van der Waals surface area (Å²) >= 11 is 1.67. The van der Waals surface area contributed by atoms with Crippen LogP contribution in [0.3, 0.4) is 0 Å². The molecular formula is C12H15O4PS. The fourth-order valence-electron chi connectivity index (χ4n) is 1.62. The molecular weight excluding hydrogens is 271 g/mol. The van der Waals surface area contributed by atoms with E-state index >= 15 is 0 Å². The van der Waals surface area contributed by atoms with E-state index in [1.54, 1.807) is 18.3 Å². The largest absolute Gasteiger partial charge is 0.472 e. The van der Waals surface area contributed by atoms with E-state index in [-0.39, 0.29) is 13.2 Å². The van der Waals surface area contributed by atoms with Crippen LogP contribution in [-0.4, -0.2) is 18.1 Å². The Kier molecular flexibility index (Phi) is 4.54. The SMILES string of the molecule is CCOP(=O)(O)OCCc1cc2ccccc2s1. The minimum absolute atomic E-state index is 0.163. The Bertz CT molecular complexity index is 533. The highest BCUT2D eigenvalue weighted by molar-refractivity contribution is 7.47. The van der Waals surface area contributed by atoms with E-state index in [9.17, 15) is 9.46 Å². The average molecular weight is 286 g/mol. The van der Waals surface area contributed by atoms with Gasteiger partial charge in [0.05, 0.1) is 13.2 Å². The fourth-order valence-corrected chi connectivity index (χ4v) is 3.39. The maximum absolute atomic E-state index is 11.3. The Morgan fingerprint density at radius 3 is 2.83 bits per heavy atom. The summed E-state index contributed by atoms with van der Waals surface area (Å²) in [6, 6.07) is 10.2. The molecule has 0 aliphatic rings. The Balaban J connectivity index is 1.92. The highest BCUT2D eigenvalue weighted by atomic mass is 32.1. The number of thiophene rings is 1. The van der Waals surface area contributed by atoms with Gasteiger partial charge in [-0.05, 0) is 24.4 Å². The number of hydrogen-bond donors (Lipinski definition) is 1. The molecule has 1 aromatic heterocycles. The molecule has 0 spiro atoms. The van der Waals surface area contributed by atoms with Gasteiger partial charge in [-0.3, -0.25) is 9.05 Å². The van der Waals surface area contributed by atoms with Crippen molar-refractivity contribution in [1.82, 2.24) is 0 Å². The zero-order valence-electron chi connectivity index (χ0n) is 10.0. The Hall–Kier alpha value is -0.710. The normalized spacial score (nSPS) is 14.8. The standard InChI is InChI=1S/C12H15O4PS/c1-2-15-17(13,14)16-8-7-11-9-10-5-3-4-6-12(10)18-11/h3-6,9H,2,7-8H2,1H3,(H,13,14). The molecule has 1 unspecified atom stereocenters. The van der Waals surface area contributed by atoms with Gasteiger partial charge >= 0.3 is 7.82 Å². The van der Waals surface area contributed by atoms with Crippen molar-refractivity contribution in [3.63, 3.8) is 0 Å². The van der Waals surface area contributed by atoms with Crippen LogP contribution in [-0.2, 0) is 20.0 Å². The van der Waals surface area contributed by atoms with Crippen molar-refractivity contribution in [1.29, 1.82) is 0 Å². The summed E-state index contributed by atoms with van der Waals surface area (Å²) in [7, 11) is -3.86. The minimum atomic E-state index is -3.86. The molecule has 0 radical (unpaired) electrons. The van der Waals surface area contributed by atoms with Crippen LogP contribution < -0.4 is 0 Å². The molecule has 0 fully saturated rings. The second-order valence-electron chi connectivity index (χ2n) is 3.72. The number of fused-ring (bicyclic) bond motifs is 1. The van der Waals surface area contributed by atoms with Crippen LogP contribution in [0.2, 0.25) is 0 Å². The number of phosphoric acid groups is 1. The van der Waals surface area contributed by atoms with Crippen molar-refractivity contribution in [2.45, 2.75) is 13.3 Å². The predicted octanol–water partition coefficient (Wildman–Crippen LogP) is 3.60. The second-order valence-corrected chi connectivity index (χ2v) is 6.34. The van der Waals surface area contributed by atoms with Gasteiger partial charge in [0.2, 0.25) is 0 Å². The highest BCUT2D eigenvalue weighted by Crippen LogP contribution is 2.43. The molecule has 1 heterocycles. The smallest absolute Gasteiger partial charge is 0.302 e. The van der Waals surface area contributed by atoms with Gasteiger partial charge in [-0.15, -0.1) is 11.3 Å². The maximum Gasteiger partial charge on any atom is 0.472 e. The van der Waals surface area contributed by atoms with Gasteiger partial charge in [0.15, 0.2) is 0 Å². The van der Waals surface area contributed by atoms with Gasteiger partial charge in [0.25, 0.3) is 0 Å². The average Bonchev–Trinajstić information content (AvgIpc) is 2.71. The van der Waals surface area contributed by atoms with Crippen LogP contribution in [0.4, 0.5) is 0 Å². The lowest BCUT2D eigenvalue weighted by Crippen LogP contribution is -1.98. The van der Waals surface area contributed by atoms with Crippen molar-refractivity contribution in [3.8, 4) is 0 Å². The van der Waals surface area contributed by atoms with Crippen LogP contribution in [0, 0.1) is 0 Å². The highest BCUT2D eigenvalue weighted by Gasteiger charge is 2.19. The van der Waals surface area contributed by atoms with Gasteiger partial charge in [0.1, 0.15) is 0 Å². The molecule has 0 bridgehead atoms. The quantitative estimate of drug-likeness (QED) is 0.824. The van der Waals surface area contributed by atoms with Gasteiger partial charge in [0, 0.05) is 16.0 Å². The van der Waals surface area contributed by atoms with Crippen molar-refractivity contribution in [2.75, 3.05) is 13.2 Å². The van der Waals surface area contributed by atoms with Gasteiger partial charge in [-0.1, -0.05) is 18.2 Å². The number of benzene rings is 1. The van der Waals surface area contributed by atoms with E-state index in [0.717, 1.165) is 4.88 Å². The molecule has 0 saturated heterocycles. The lowest BCUT2D eigenvalue weighted by molar-refractivity contribution is 0.157. The van der Waals surface area contributed by atoms with Crippen molar-refractivity contribution >= 4 is 29.2 Å². The Morgan fingerprint density at radius 1 is 1.33 bits per heavy atom. The molecule has 0 saturated carbocycles. The third-order valence-electron chi connectivity index (χ3n) is 2.37. The topological polar surface area (TPSA) is 55.8 Å². The Labute approximate surface area is 110 Å².